The summed E-state index contributed by atoms with van der Waals surface area (Å²) in [6.07, 6.45) is 0.183. The van der Waals surface area contributed by atoms with Crippen LogP contribution in [0.2, 0.25) is 0 Å². The molecule has 1 atom stereocenters. The van der Waals surface area contributed by atoms with Gasteiger partial charge < -0.3 is 21.5 Å². The highest BCUT2D eigenvalue weighted by molar-refractivity contribution is 5.92. The molecule has 0 aliphatic carbocycles. The Morgan fingerprint density at radius 3 is 1.81 bits per heavy atom. The molecule has 0 saturated carbocycles. The van der Waals surface area contributed by atoms with Crippen LogP contribution >= 0.6 is 0 Å². The molecule has 182 valence electrons. The molecule has 36 heavy (non-hydrogen) atoms. The number of rotatable bonds is 9. The monoisotopic (exact) mass is 479 g/mol. The van der Waals surface area contributed by atoms with Gasteiger partial charge in [0, 0.05) is 18.7 Å². The van der Waals surface area contributed by atoms with Crippen molar-refractivity contribution in [3.8, 4) is 5.75 Å². The van der Waals surface area contributed by atoms with Crippen molar-refractivity contribution in [3.05, 3.63) is 131 Å². The summed E-state index contributed by atoms with van der Waals surface area (Å²) in [5.74, 6) is -1.39. The second kappa shape index (κ2) is 11.2. The van der Waals surface area contributed by atoms with E-state index in [-0.39, 0.29) is 24.6 Å². The molecule has 6 nitrogen and oxygen atoms in total. The van der Waals surface area contributed by atoms with Crippen LogP contribution in [-0.4, -0.2) is 27.9 Å². The van der Waals surface area contributed by atoms with Crippen molar-refractivity contribution in [2.24, 2.45) is 5.73 Å². The summed E-state index contributed by atoms with van der Waals surface area (Å²) in [6, 6.07) is 31.8. The predicted octanol–water partition coefficient (Wildman–Crippen LogP) is 4.23. The number of carbonyl (C=O) groups excluding carboxylic acids is 2. The van der Waals surface area contributed by atoms with Gasteiger partial charge in [-0.15, -0.1) is 0 Å². The summed E-state index contributed by atoms with van der Waals surface area (Å²) in [4.78, 5) is 28.8. The van der Waals surface area contributed by atoms with Crippen molar-refractivity contribution < 1.29 is 14.7 Å². The van der Waals surface area contributed by atoms with Crippen molar-refractivity contribution >= 4 is 17.5 Å². The normalized spacial score (nSPS) is 11.7. The van der Waals surface area contributed by atoms with Gasteiger partial charge in [0.25, 0.3) is 0 Å². The van der Waals surface area contributed by atoms with Gasteiger partial charge in [0.2, 0.25) is 11.8 Å². The molecule has 0 fully saturated rings. The van der Waals surface area contributed by atoms with E-state index in [1.165, 1.54) is 4.90 Å². The van der Waals surface area contributed by atoms with Crippen LogP contribution in [0.1, 0.15) is 28.2 Å². The first kappa shape index (κ1) is 24.5. The quantitative estimate of drug-likeness (QED) is 0.312. The molecule has 0 bridgehead atoms. The van der Waals surface area contributed by atoms with Crippen LogP contribution in [0, 0.1) is 0 Å². The Kier molecular flexibility index (Phi) is 7.66. The largest absolute Gasteiger partial charge is 0.508 e. The molecule has 0 aliphatic rings. The number of para-hydroxylation sites is 1. The number of phenols is 1. The Morgan fingerprint density at radius 1 is 0.750 bits per heavy atom. The number of nitrogens with zero attached hydrogens (tertiary/aromatic N) is 1. The maximum atomic E-state index is 14.4. The first-order chi connectivity index (χ1) is 17.4. The van der Waals surface area contributed by atoms with E-state index in [1.807, 2.05) is 78.9 Å². The number of nitrogens with two attached hydrogens (primary N) is 2. The maximum absolute atomic E-state index is 14.4. The Labute approximate surface area is 210 Å². The Bertz CT molecular complexity index is 1270. The first-order valence-corrected chi connectivity index (χ1v) is 11.7. The van der Waals surface area contributed by atoms with Crippen LogP contribution in [0.15, 0.2) is 109 Å². The highest BCUT2D eigenvalue weighted by Gasteiger charge is 2.35. The average Bonchev–Trinajstić information content (AvgIpc) is 2.89. The van der Waals surface area contributed by atoms with Crippen LogP contribution in [0.5, 0.6) is 5.75 Å². The van der Waals surface area contributed by atoms with Crippen molar-refractivity contribution in [1.82, 2.24) is 4.90 Å². The number of benzene rings is 4. The van der Waals surface area contributed by atoms with Crippen LogP contribution in [-0.2, 0) is 22.6 Å². The van der Waals surface area contributed by atoms with Gasteiger partial charge in [-0.2, -0.15) is 0 Å². The van der Waals surface area contributed by atoms with Gasteiger partial charge in [0.1, 0.15) is 11.8 Å². The number of hydrogen-bond acceptors (Lipinski definition) is 4. The molecule has 6 heteroatoms. The van der Waals surface area contributed by atoms with Gasteiger partial charge in [0.15, 0.2) is 0 Å². The number of anilines is 1. The fourth-order valence-electron chi connectivity index (χ4n) is 4.37. The lowest BCUT2D eigenvalue weighted by molar-refractivity contribution is -0.140. The topological polar surface area (TPSA) is 110 Å². The number of primary amides is 1. The number of hydrogen-bond donors (Lipinski definition) is 3. The highest BCUT2D eigenvalue weighted by atomic mass is 16.3. The fraction of sp³-hybridized carbons (Fsp3) is 0.133. The smallest absolute Gasteiger partial charge is 0.240 e. The summed E-state index contributed by atoms with van der Waals surface area (Å²) in [5, 5.41) is 9.74. The zero-order valence-electron chi connectivity index (χ0n) is 19.8. The van der Waals surface area contributed by atoms with Crippen molar-refractivity contribution in [2.75, 3.05) is 5.73 Å². The lowest BCUT2D eigenvalue weighted by Gasteiger charge is -2.34. The van der Waals surface area contributed by atoms with E-state index >= 15 is 0 Å². The zero-order chi connectivity index (χ0) is 25.5. The van der Waals surface area contributed by atoms with Crippen LogP contribution < -0.4 is 11.5 Å². The van der Waals surface area contributed by atoms with E-state index in [2.05, 4.69) is 0 Å². The molecule has 0 heterocycles. The van der Waals surface area contributed by atoms with Gasteiger partial charge in [-0.05, 0) is 40.5 Å². The first-order valence-electron chi connectivity index (χ1n) is 11.7. The fourth-order valence-corrected chi connectivity index (χ4v) is 4.37. The number of nitrogen functional groups attached to an aromatic ring is 1. The molecule has 5 N–H and O–H groups in total. The Balaban J connectivity index is 1.80. The second-order valence-corrected chi connectivity index (χ2v) is 8.71. The molecule has 0 spiro atoms. The lowest BCUT2D eigenvalue weighted by Crippen LogP contribution is -2.50. The lowest BCUT2D eigenvalue weighted by atomic mass is 9.88. The molecule has 0 radical (unpaired) electrons. The van der Waals surface area contributed by atoms with Crippen LogP contribution in [0.25, 0.3) is 0 Å². The third-order valence-electron chi connectivity index (χ3n) is 6.26. The van der Waals surface area contributed by atoms with E-state index < -0.39 is 17.9 Å². The highest BCUT2D eigenvalue weighted by Crippen LogP contribution is 2.30. The molecule has 2 amide bonds. The van der Waals surface area contributed by atoms with Gasteiger partial charge in [-0.1, -0.05) is 91.0 Å². The molecule has 0 aromatic heterocycles. The minimum absolute atomic E-state index is 0.117. The number of amides is 2. The van der Waals surface area contributed by atoms with E-state index in [1.54, 1.807) is 30.3 Å². The summed E-state index contributed by atoms with van der Waals surface area (Å²) < 4.78 is 0. The van der Waals surface area contributed by atoms with Crippen LogP contribution in [0.3, 0.4) is 0 Å². The SMILES string of the molecule is NC(=O)[C@@H](Cc1ccccc1N)N(Cc1ccc(O)cc1)C(=O)C(c1ccccc1)c1ccccc1. The van der Waals surface area contributed by atoms with Gasteiger partial charge in [0.05, 0.1) is 5.92 Å². The molecule has 0 aliphatic heterocycles. The van der Waals surface area contributed by atoms with E-state index in [0.717, 1.165) is 22.3 Å². The van der Waals surface area contributed by atoms with Crippen LogP contribution in [0.4, 0.5) is 5.69 Å². The molecule has 0 unspecified atom stereocenters. The van der Waals surface area contributed by atoms with Crippen molar-refractivity contribution in [3.63, 3.8) is 0 Å². The third-order valence-corrected chi connectivity index (χ3v) is 6.26. The predicted molar refractivity (Wildman–Crippen MR) is 141 cm³/mol. The van der Waals surface area contributed by atoms with Gasteiger partial charge in [-0.3, -0.25) is 9.59 Å². The molecule has 4 rings (SSSR count). The maximum Gasteiger partial charge on any atom is 0.240 e. The third kappa shape index (κ3) is 5.73. The Hall–Kier alpha value is -4.58. The van der Waals surface area contributed by atoms with Gasteiger partial charge in [-0.25, -0.2) is 0 Å². The number of carbonyl (C=O) groups is 2. The molecular formula is C30H29N3O3. The Morgan fingerprint density at radius 2 is 1.28 bits per heavy atom. The summed E-state index contributed by atoms with van der Waals surface area (Å²) >= 11 is 0. The molecule has 4 aromatic rings. The van der Waals surface area contributed by atoms with E-state index in [4.69, 9.17) is 11.5 Å². The van der Waals surface area contributed by atoms with Crippen molar-refractivity contribution in [2.45, 2.75) is 24.9 Å². The summed E-state index contributed by atoms with van der Waals surface area (Å²) in [6.45, 7) is 0.135. The summed E-state index contributed by atoms with van der Waals surface area (Å²) in [7, 11) is 0. The second-order valence-electron chi connectivity index (χ2n) is 8.71. The minimum atomic E-state index is -0.939. The number of phenolic OH excluding ortho intramolecular Hbond substituents is 1. The van der Waals surface area contributed by atoms with E-state index in [0.29, 0.717) is 5.69 Å². The summed E-state index contributed by atoms with van der Waals surface area (Å²) in [5.41, 5.74) is 15.7. The van der Waals surface area contributed by atoms with Gasteiger partial charge >= 0.3 is 0 Å². The number of aromatic hydroxyl groups is 1. The minimum Gasteiger partial charge on any atom is -0.508 e. The molecular weight excluding hydrogens is 450 g/mol. The average molecular weight is 480 g/mol. The van der Waals surface area contributed by atoms with Crippen molar-refractivity contribution in [1.29, 1.82) is 0 Å². The molecule has 4 aromatic carbocycles. The van der Waals surface area contributed by atoms with E-state index in [9.17, 15) is 14.7 Å². The zero-order valence-corrected chi connectivity index (χ0v) is 19.8. The molecule has 0 saturated heterocycles. The standard InChI is InChI=1S/C30H29N3O3/c31-26-14-8-7-13-24(26)19-27(29(32)35)33(20-21-15-17-25(34)18-16-21)30(36)28(22-9-3-1-4-10-22)23-11-5-2-6-12-23/h1-18,27-28,34H,19-20,31H2,(H2,32,35)/t27-/m1/s1.